The average molecular weight is 687 g/mol. The summed E-state index contributed by atoms with van der Waals surface area (Å²) >= 11 is 0. The molecule has 0 fully saturated rings. The topological polar surface area (TPSA) is 69.4 Å². The normalized spacial score (nSPS) is 12.2. The number of aromatic nitrogens is 6. The molecule has 9 rings (SSSR count). The molecular weight excluding hydrogens is 649 g/mol. The van der Waals surface area contributed by atoms with Crippen molar-refractivity contribution in [1.29, 1.82) is 0 Å². The molecule has 0 radical (unpaired) electrons. The maximum Gasteiger partial charge on any atom is 0.255 e. The van der Waals surface area contributed by atoms with Crippen molar-refractivity contribution in [3.05, 3.63) is 180 Å². The van der Waals surface area contributed by atoms with Gasteiger partial charge in [-0.25, -0.2) is 4.98 Å². The van der Waals surface area contributed by atoms with Crippen LogP contribution < -0.4 is 0 Å². The molecule has 0 aliphatic rings. The van der Waals surface area contributed by atoms with Crippen LogP contribution in [0.1, 0.15) is 49.9 Å². The quantitative estimate of drug-likeness (QED) is 0.167. The minimum absolute atomic E-state index is 0.311. The van der Waals surface area contributed by atoms with Crippen LogP contribution in [-0.2, 0) is 10.8 Å². The molecule has 9 aromatic rings. The van der Waals surface area contributed by atoms with E-state index >= 15 is 0 Å². The van der Waals surface area contributed by atoms with Crippen molar-refractivity contribution in [1.82, 2.24) is 29.7 Å². The van der Waals surface area contributed by atoms with Gasteiger partial charge in [0.1, 0.15) is 5.52 Å². The minimum Gasteiger partial charge on any atom is -0.277 e. The fourth-order valence-electron chi connectivity index (χ4n) is 7.51. The van der Waals surface area contributed by atoms with Crippen LogP contribution in [0.3, 0.4) is 0 Å². The number of rotatable bonds is 7. The van der Waals surface area contributed by atoms with Crippen molar-refractivity contribution in [2.45, 2.75) is 38.5 Å². The van der Waals surface area contributed by atoms with Gasteiger partial charge in [0.25, 0.3) is 5.95 Å². The Morgan fingerprint density at radius 1 is 0.434 bits per heavy atom. The first kappa shape index (κ1) is 32.4. The first-order chi connectivity index (χ1) is 25.8. The van der Waals surface area contributed by atoms with Gasteiger partial charge in [-0.15, -0.1) is 10.2 Å². The van der Waals surface area contributed by atoms with Crippen LogP contribution in [0.15, 0.2) is 158 Å². The van der Waals surface area contributed by atoms with Gasteiger partial charge in [0.15, 0.2) is 0 Å². The van der Waals surface area contributed by atoms with Crippen molar-refractivity contribution >= 4 is 32.8 Å². The molecule has 0 aliphatic carbocycles. The maximum absolute atomic E-state index is 5.08. The Morgan fingerprint density at radius 2 is 0.925 bits per heavy atom. The van der Waals surface area contributed by atoms with E-state index in [1.165, 1.54) is 22.3 Å². The van der Waals surface area contributed by atoms with E-state index in [4.69, 9.17) is 10.1 Å². The third-order valence-electron chi connectivity index (χ3n) is 10.9. The summed E-state index contributed by atoms with van der Waals surface area (Å²) in [5, 5.41) is 11.6. The molecule has 0 saturated carbocycles. The second-order valence-electron chi connectivity index (χ2n) is 14.7. The highest BCUT2D eigenvalue weighted by molar-refractivity contribution is 6.09. The first-order valence-electron chi connectivity index (χ1n) is 18.0. The first-order valence-corrected chi connectivity index (χ1v) is 18.0. The molecule has 0 aliphatic heterocycles. The molecule has 0 spiro atoms. The summed E-state index contributed by atoms with van der Waals surface area (Å²) in [5.41, 5.74) is 11.9. The monoisotopic (exact) mass is 686 g/mol. The van der Waals surface area contributed by atoms with E-state index in [9.17, 15) is 0 Å². The van der Waals surface area contributed by atoms with Crippen LogP contribution in [0.4, 0.5) is 0 Å². The zero-order chi connectivity index (χ0) is 36.2. The van der Waals surface area contributed by atoms with Gasteiger partial charge in [-0.3, -0.25) is 14.5 Å². The Bertz CT molecular complexity index is 2630. The lowest BCUT2D eigenvalue weighted by molar-refractivity contribution is 0.641. The molecule has 0 unspecified atom stereocenters. The average Bonchev–Trinajstić information content (AvgIpc) is 3.54. The smallest absolute Gasteiger partial charge is 0.255 e. The van der Waals surface area contributed by atoms with Gasteiger partial charge in [-0.2, -0.15) is 0 Å². The van der Waals surface area contributed by atoms with Gasteiger partial charge in [0, 0.05) is 45.1 Å². The summed E-state index contributed by atoms with van der Waals surface area (Å²) in [7, 11) is 0. The fourth-order valence-corrected chi connectivity index (χ4v) is 7.51. The highest BCUT2D eigenvalue weighted by Gasteiger charge is 2.28. The third kappa shape index (κ3) is 5.64. The number of benzene rings is 5. The number of hydrogen-bond donors (Lipinski definition) is 0. The Hall–Kier alpha value is -6.53. The lowest BCUT2D eigenvalue weighted by Gasteiger charge is -2.27. The molecule has 6 heteroatoms. The van der Waals surface area contributed by atoms with Gasteiger partial charge in [0.2, 0.25) is 0 Å². The van der Waals surface area contributed by atoms with Crippen LogP contribution in [0.2, 0.25) is 0 Å². The van der Waals surface area contributed by atoms with Gasteiger partial charge in [-0.1, -0.05) is 113 Å². The Kier molecular flexibility index (Phi) is 7.70. The molecule has 53 heavy (non-hydrogen) atoms. The molecule has 0 bridgehead atoms. The Labute approximate surface area is 308 Å². The predicted octanol–water partition coefficient (Wildman–Crippen LogP) is 10.9. The highest BCUT2D eigenvalue weighted by atomic mass is 15.3. The van der Waals surface area contributed by atoms with Gasteiger partial charge >= 0.3 is 0 Å². The van der Waals surface area contributed by atoms with E-state index in [-0.39, 0.29) is 10.8 Å². The summed E-state index contributed by atoms with van der Waals surface area (Å²) in [4.78, 5) is 14.3. The molecule has 4 aromatic heterocycles. The summed E-state index contributed by atoms with van der Waals surface area (Å²) in [6.07, 6.45) is 3.69. The molecule has 0 amide bonds. The van der Waals surface area contributed by atoms with Crippen molar-refractivity contribution in [3.63, 3.8) is 0 Å². The summed E-state index contributed by atoms with van der Waals surface area (Å²) in [5.74, 6) is 0.544. The maximum atomic E-state index is 5.08. The predicted molar refractivity (Wildman–Crippen MR) is 215 cm³/mol. The van der Waals surface area contributed by atoms with Crippen molar-refractivity contribution < 1.29 is 0 Å². The van der Waals surface area contributed by atoms with Crippen molar-refractivity contribution in [3.8, 4) is 28.5 Å². The number of hydrogen-bond acceptors (Lipinski definition) is 5. The van der Waals surface area contributed by atoms with Gasteiger partial charge in [0.05, 0.1) is 27.9 Å². The molecule has 6 nitrogen and oxygen atoms in total. The fraction of sp³-hybridized carbons (Fsp3) is 0.128. The van der Waals surface area contributed by atoms with Crippen molar-refractivity contribution in [2.75, 3.05) is 0 Å². The standard InChI is InChI=1S/C47H38N6/c1-46(2,33-15-11-13-31(27-33)39-17-7-9-25-48-39)35-21-23-37-38-24-22-36(47(3,4)34-16-12-14-32(28-34)40-18-8-10-26-49-40)30-44(38)53(43(37)29-35)45-50-41-19-5-6-20-42(41)51-52-45/h5-30H,1-4H3. The number of para-hydroxylation sites is 1. The van der Waals surface area contributed by atoms with E-state index in [1.807, 2.05) is 60.9 Å². The van der Waals surface area contributed by atoms with E-state index in [0.717, 1.165) is 55.4 Å². The molecule has 0 N–H and O–H groups in total. The largest absolute Gasteiger partial charge is 0.277 e. The minimum atomic E-state index is -0.311. The zero-order valence-electron chi connectivity index (χ0n) is 30.2. The second-order valence-corrected chi connectivity index (χ2v) is 14.7. The van der Waals surface area contributed by atoms with E-state index < -0.39 is 0 Å². The third-order valence-corrected chi connectivity index (χ3v) is 10.9. The van der Waals surface area contributed by atoms with Gasteiger partial charge < -0.3 is 0 Å². The summed E-state index contributed by atoms with van der Waals surface area (Å²) < 4.78 is 2.19. The molecular formula is C47H38N6. The van der Waals surface area contributed by atoms with Crippen LogP contribution in [0.25, 0.3) is 61.3 Å². The van der Waals surface area contributed by atoms with E-state index in [0.29, 0.717) is 5.95 Å². The number of nitrogens with zero attached hydrogens (tertiary/aromatic N) is 6. The lowest BCUT2D eigenvalue weighted by Crippen LogP contribution is -2.19. The molecule has 0 saturated heterocycles. The highest BCUT2D eigenvalue weighted by Crippen LogP contribution is 2.41. The Balaban J connectivity index is 1.22. The Morgan fingerprint density at radius 3 is 1.43 bits per heavy atom. The van der Waals surface area contributed by atoms with Crippen LogP contribution >= 0.6 is 0 Å². The number of fused-ring (bicyclic) bond motifs is 4. The molecule has 0 atom stereocenters. The molecule has 5 aromatic carbocycles. The molecule has 256 valence electrons. The summed E-state index contributed by atoms with van der Waals surface area (Å²) in [6.45, 7) is 9.14. The van der Waals surface area contributed by atoms with E-state index in [1.54, 1.807) is 0 Å². The zero-order valence-corrected chi connectivity index (χ0v) is 30.2. The van der Waals surface area contributed by atoms with Crippen LogP contribution in [0.5, 0.6) is 0 Å². The van der Waals surface area contributed by atoms with Crippen LogP contribution in [-0.4, -0.2) is 29.7 Å². The summed E-state index contributed by atoms with van der Waals surface area (Å²) in [6, 6.07) is 51.1. The lowest BCUT2D eigenvalue weighted by atomic mass is 9.77. The number of pyridine rings is 2. The van der Waals surface area contributed by atoms with Gasteiger partial charge in [-0.05, 0) is 82.9 Å². The van der Waals surface area contributed by atoms with Crippen molar-refractivity contribution in [2.24, 2.45) is 0 Å². The second kappa shape index (κ2) is 12.6. The molecule has 4 heterocycles. The SMILES string of the molecule is CC(C)(c1cccc(-c2ccccn2)c1)c1ccc2c3ccc(C(C)(C)c4cccc(-c5ccccn5)c4)cc3n(-c3nnc4ccccc4n3)c2c1. The van der Waals surface area contributed by atoms with Crippen LogP contribution in [0, 0.1) is 0 Å². The van der Waals surface area contributed by atoms with E-state index in [2.05, 4.69) is 144 Å².